The minimum atomic E-state index is -0.124. The maximum Gasteiger partial charge on any atom is 0.318 e. The van der Waals surface area contributed by atoms with Crippen molar-refractivity contribution in [2.45, 2.75) is 39.8 Å². The summed E-state index contributed by atoms with van der Waals surface area (Å²) in [5, 5.41) is 2.92. The molecule has 26 heavy (non-hydrogen) atoms. The van der Waals surface area contributed by atoms with Gasteiger partial charge in [0.05, 0.1) is 6.54 Å². The predicted octanol–water partition coefficient (Wildman–Crippen LogP) is 4.04. The van der Waals surface area contributed by atoms with Crippen LogP contribution in [0.4, 0.5) is 4.79 Å². The van der Waals surface area contributed by atoms with Crippen LogP contribution in [0.3, 0.4) is 0 Å². The molecule has 0 unspecified atom stereocenters. The number of benzene rings is 1. The van der Waals surface area contributed by atoms with Crippen molar-refractivity contribution in [1.29, 1.82) is 0 Å². The summed E-state index contributed by atoms with van der Waals surface area (Å²) in [4.78, 5) is 23.0. The molecule has 0 aliphatic carbocycles. The molecule has 0 atom stereocenters. The third-order valence-electron chi connectivity index (χ3n) is 4.22. The first-order chi connectivity index (χ1) is 12.7. The predicted molar refractivity (Wildman–Crippen MR) is 101 cm³/mol. The standard InChI is InChI=1S/C20H24N4O2/c1-3-4-11-24(14-16-8-6-10-21-12-16)20(25)22-13-18-23-19-15(2)7-5-9-17(19)26-18/h5-10,12H,3-4,11,13-14H2,1-2H3,(H,22,25). The molecular formula is C20H24N4O2. The normalized spacial score (nSPS) is 10.8. The first kappa shape index (κ1) is 17.9. The molecule has 0 radical (unpaired) electrons. The van der Waals surface area contributed by atoms with Gasteiger partial charge in [0.1, 0.15) is 5.52 Å². The summed E-state index contributed by atoms with van der Waals surface area (Å²) in [5.41, 5.74) is 3.66. The molecule has 2 heterocycles. The van der Waals surface area contributed by atoms with Gasteiger partial charge in [-0.25, -0.2) is 9.78 Å². The van der Waals surface area contributed by atoms with Crippen molar-refractivity contribution >= 4 is 17.1 Å². The number of amides is 2. The smallest absolute Gasteiger partial charge is 0.318 e. The molecule has 2 amide bonds. The van der Waals surface area contributed by atoms with Crippen LogP contribution in [-0.2, 0) is 13.1 Å². The highest BCUT2D eigenvalue weighted by Gasteiger charge is 2.15. The molecule has 3 rings (SSSR count). The second kappa shape index (κ2) is 8.47. The summed E-state index contributed by atoms with van der Waals surface area (Å²) in [6.45, 7) is 5.60. The number of hydrogen-bond donors (Lipinski definition) is 1. The lowest BCUT2D eigenvalue weighted by Crippen LogP contribution is -2.39. The van der Waals surface area contributed by atoms with Crippen LogP contribution in [0.5, 0.6) is 0 Å². The van der Waals surface area contributed by atoms with Gasteiger partial charge in [0.15, 0.2) is 5.58 Å². The Balaban J connectivity index is 1.65. The van der Waals surface area contributed by atoms with Gasteiger partial charge in [-0.3, -0.25) is 4.98 Å². The van der Waals surface area contributed by atoms with Gasteiger partial charge >= 0.3 is 6.03 Å². The molecule has 1 N–H and O–H groups in total. The van der Waals surface area contributed by atoms with E-state index in [1.807, 2.05) is 37.3 Å². The Hall–Kier alpha value is -2.89. The monoisotopic (exact) mass is 352 g/mol. The molecule has 6 heteroatoms. The van der Waals surface area contributed by atoms with Crippen LogP contribution >= 0.6 is 0 Å². The van der Waals surface area contributed by atoms with E-state index in [4.69, 9.17) is 4.42 Å². The number of rotatable bonds is 7. The van der Waals surface area contributed by atoms with E-state index in [-0.39, 0.29) is 12.6 Å². The zero-order chi connectivity index (χ0) is 18.4. The van der Waals surface area contributed by atoms with Crippen molar-refractivity contribution < 1.29 is 9.21 Å². The van der Waals surface area contributed by atoms with Gasteiger partial charge in [0.25, 0.3) is 0 Å². The van der Waals surface area contributed by atoms with Crippen LogP contribution in [0.25, 0.3) is 11.1 Å². The number of aryl methyl sites for hydroxylation is 1. The molecule has 3 aromatic rings. The van der Waals surface area contributed by atoms with E-state index in [0.717, 1.165) is 35.1 Å². The minimum Gasteiger partial charge on any atom is -0.439 e. The number of carbonyl (C=O) groups is 1. The Kier molecular flexibility index (Phi) is 5.84. The van der Waals surface area contributed by atoms with Crippen LogP contribution in [0.15, 0.2) is 47.1 Å². The van der Waals surface area contributed by atoms with E-state index >= 15 is 0 Å². The highest BCUT2D eigenvalue weighted by atomic mass is 16.3. The summed E-state index contributed by atoms with van der Waals surface area (Å²) in [6.07, 6.45) is 5.50. The van der Waals surface area contributed by atoms with Crippen molar-refractivity contribution in [3.63, 3.8) is 0 Å². The fourth-order valence-electron chi connectivity index (χ4n) is 2.78. The van der Waals surface area contributed by atoms with Crippen LogP contribution < -0.4 is 5.32 Å². The Bertz CT molecular complexity index is 861. The number of nitrogens with zero attached hydrogens (tertiary/aromatic N) is 3. The van der Waals surface area contributed by atoms with E-state index in [1.165, 1.54) is 0 Å². The van der Waals surface area contributed by atoms with Crippen molar-refractivity contribution in [2.75, 3.05) is 6.54 Å². The van der Waals surface area contributed by atoms with Gasteiger partial charge < -0.3 is 14.6 Å². The van der Waals surface area contributed by atoms with Gasteiger partial charge in [0.2, 0.25) is 5.89 Å². The maximum absolute atomic E-state index is 12.6. The Morgan fingerprint density at radius 1 is 1.27 bits per heavy atom. The average molecular weight is 352 g/mol. The van der Waals surface area contributed by atoms with Gasteiger partial charge in [-0.05, 0) is 36.6 Å². The number of nitrogens with one attached hydrogen (secondary N) is 1. The molecule has 0 saturated carbocycles. The van der Waals surface area contributed by atoms with Crippen LogP contribution in [0, 0.1) is 6.92 Å². The third-order valence-corrected chi connectivity index (χ3v) is 4.22. The molecule has 0 aliphatic rings. The van der Waals surface area contributed by atoms with Gasteiger partial charge in [0, 0.05) is 25.5 Å². The fraction of sp³-hybridized carbons (Fsp3) is 0.350. The molecule has 0 aliphatic heterocycles. The van der Waals surface area contributed by atoms with E-state index < -0.39 is 0 Å². The lowest BCUT2D eigenvalue weighted by molar-refractivity contribution is 0.192. The zero-order valence-electron chi connectivity index (χ0n) is 15.2. The molecule has 0 saturated heterocycles. The average Bonchev–Trinajstić information content (AvgIpc) is 3.08. The summed E-state index contributed by atoms with van der Waals surface area (Å²) in [6, 6.07) is 9.55. The molecule has 1 aromatic carbocycles. The van der Waals surface area contributed by atoms with Crippen LogP contribution in [-0.4, -0.2) is 27.4 Å². The van der Waals surface area contributed by atoms with Crippen molar-refractivity contribution in [1.82, 2.24) is 20.2 Å². The second-order valence-electron chi connectivity index (χ2n) is 6.32. The number of urea groups is 1. The molecule has 0 spiro atoms. The van der Waals surface area contributed by atoms with Gasteiger partial charge in [-0.1, -0.05) is 31.5 Å². The Morgan fingerprint density at radius 3 is 2.88 bits per heavy atom. The van der Waals surface area contributed by atoms with Crippen LogP contribution in [0.2, 0.25) is 0 Å². The quantitative estimate of drug-likeness (QED) is 0.696. The summed E-state index contributed by atoms with van der Waals surface area (Å²) in [7, 11) is 0. The lowest BCUT2D eigenvalue weighted by Gasteiger charge is -2.22. The third kappa shape index (κ3) is 4.39. The number of pyridine rings is 1. The molecular weight excluding hydrogens is 328 g/mol. The van der Waals surface area contributed by atoms with Gasteiger partial charge in [-0.15, -0.1) is 0 Å². The molecule has 0 fully saturated rings. The number of oxazole rings is 1. The van der Waals surface area contributed by atoms with Crippen molar-refractivity contribution in [2.24, 2.45) is 0 Å². The lowest BCUT2D eigenvalue weighted by atomic mass is 10.2. The molecule has 2 aromatic heterocycles. The number of unbranched alkanes of at least 4 members (excludes halogenated alkanes) is 1. The van der Waals surface area contributed by atoms with E-state index in [9.17, 15) is 4.79 Å². The first-order valence-corrected chi connectivity index (χ1v) is 8.94. The van der Waals surface area contributed by atoms with Crippen molar-refractivity contribution in [3.05, 3.63) is 59.7 Å². The largest absolute Gasteiger partial charge is 0.439 e. The summed E-state index contributed by atoms with van der Waals surface area (Å²) < 4.78 is 5.72. The number of para-hydroxylation sites is 1. The number of carbonyl (C=O) groups excluding carboxylic acids is 1. The molecule has 0 bridgehead atoms. The number of fused-ring (bicyclic) bond motifs is 1. The highest BCUT2D eigenvalue weighted by molar-refractivity contribution is 5.76. The van der Waals surface area contributed by atoms with Crippen molar-refractivity contribution in [3.8, 4) is 0 Å². The SMILES string of the molecule is CCCCN(Cc1cccnc1)C(=O)NCc1nc2c(C)cccc2o1. The molecule has 6 nitrogen and oxygen atoms in total. The highest BCUT2D eigenvalue weighted by Crippen LogP contribution is 2.18. The Labute approximate surface area is 153 Å². The van der Waals surface area contributed by atoms with Crippen LogP contribution in [0.1, 0.15) is 36.8 Å². The summed E-state index contributed by atoms with van der Waals surface area (Å²) in [5.74, 6) is 0.513. The van der Waals surface area contributed by atoms with E-state index in [2.05, 4.69) is 22.2 Å². The Morgan fingerprint density at radius 2 is 2.15 bits per heavy atom. The first-order valence-electron chi connectivity index (χ1n) is 8.94. The topological polar surface area (TPSA) is 71.3 Å². The number of aromatic nitrogens is 2. The fourth-order valence-corrected chi connectivity index (χ4v) is 2.78. The maximum atomic E-state index is 12.6. The van der Waals surface area contributed by atoms with E-state index in [0.29, 0.717) is 19.0 Å². The van der Waals surface area contributed by atoms with E-state index in [1.54, 1.807) is 17.3 Å². The minimum absolute atomic E-state index is 0.124. The zero-order valence-corrected chi connectivity index (χ0v) is 15.2. The van der Waals surface area contributed by atoms with Gasteiger partial charge in [-0.2, -0.15) is 0 Å². The molecule has 136 valence electrons. The second-order valence-corrected chi connectivity index (χ2v) is 6.32. The summed E-state index contributed by atoms with van der Waals surface area (Å²) >= 11 is 0. The number of hydrogen-bond acceptors (Lipinski definition) is 4.